The van der Waals surface area contributed by atoms with Crippen molar-refractivity contribution in [2.75, 3.05) is 26.7 Å². The molecule has 2 heterocycles. The number of nitrogens with one attached hydrogen (secondary N) is 4. The van der Waals surface area contributed by atoms with E-state index in [1.165, 1.54) is 23.5 Å². The first-order valence-corrected chi connectivity index (χ1v) is 20.7. The van der Waals surface area contributed by atoms with Crippen LogP contribution in [-0.2, 0) is 29.2 Å². The largest absolute Gasteiger partial charge is 0.346 e. The van der Waals surface area contributed by atoms with Crippen LogP contribution >= 0.6 is 11.3 Å². The van der Waals surface area contributed by atoms with Gasteiger partial charge in [-0.3, -0.25) is 19.2 Å². The molecular formula is C38H56N6O7S2. The summed E-state index contributed by atoms with van der Waals surface area (Å²) >= 11 is 1.12. The third kappa shape index (κ3) is 9.69. The lowest BCUT2D eigenvalue weighted by Crippen LogP contribution is -2.61. The Hall–Kier alpha value is -3.74. The molecule has 4 rings (SSSR count). The second kappa shape index (κ2) is 17.2. The number of amides is 5. The van der Waals surface area contributed by atoms with Crippen molar-refractivity contribution in [3.05, 3.63) is 30.2 Å². The number of Topliss-reactive ketones (excluding diaryl/α,β-unsaturated/α-hetero) is 1. The SMILES string of the molecule is C#CCCC(NC(=O)[C@@H]1[C@@H]2[C@H](CN1C(=O)[C@@H](NC(=O)N[C@H](CN(C)S(=O)(=O)c1cccs1)C(C)(C)C)C1CCCCC1)C2(C)C)C(=O)C(=O)NCC=C. The maximum absolute atomic E-state index is 14.7. The molecule has 0 bridgehead atoms. The van der Waals surface area contributed by atoms with E-state index < -0.39 is 63.2 Å². The number of hydrogen-bond donors (Lipinski definition) is 4. The number of rotatable bonds is 16. The van der Waals surface area contributed by atoms with Gasteiger partial charge < -0.3 is 26.2 Å². The zero-order valence-electron chi connectivity index (χ0n) is 31.8. The summed E-state index contributed by atoms with van der Waals surface area (Å²) in [6.45, 7) is 13.7. The minimum absolute atomic E-state index is 0.00279. The third-order valence-electron chi connectivity index (χ3n) is 11.2. The highest BCUT2D eigenvalue weighted by atomic mass is 32.2. The summed E-state index contributed by atoms with van der Waals surface area (Å²) < 4.78 is 27.9. The molecule has 1 aromatic heterocycles. The van der Waals surface area contributed by atoms with Gasteiger partial charge in [-0.1, -0.05) is 66.0 Å². The quantitative estimate of drug-likeness (QED) is 0.113. The lowest BCUT2D eigenvalue weighted by Gasteiger charge is -2.38. The molecule has 3 aliphatic rings. The number of likely N-dealkylation sites (tertiary alicyclic amines) is 1. The number of ketones is 1. The van der Waals surface area contributed by atoms with Crippen LogP contribution in [0.3, 0.4) is 0 Å². The van der Waals surface area contributed by atoms with E-state index in [1.807, 2.05) is 34.6 Å². The summed E-state index contributed by atoms with van der Waals surface area (Å²) in [5.74, 6) is -0.497. The van der Waals surface area contributed by atoms with Crippen molar-refractivity contribution in [3.63, 3.8) is 0 Å². The van der Waals surface area contributed by atoms with Gasteiger partial charge >= 0.3 is 6.03 Å². The second-order valence-corrected chi connectivity index (χ2v) is 19.4. The number of thiophene rings is 1. The van der Waals surface area contributed by atoms with Gasteiger partial charge in [-0.05, 0) is 59.3 Å². The van der Waals surface area contributed by atoms with Crippen LogP contribution in [0.25, 0.3) is 0 Å². The van der Waals surface area contributed by atoms with Gasteiger partial charge in [0.15, 0.2) is 0 Å². The first-order chi connectivity index (χ1) is 24.9. The van der Waals surface area contributed by atoms with Crippen molar-refractivity contribution < 1.29 is 32.4 Å². The van der Waals surface area contributed by atoms with Gasteiger partial charge in [-0.2, -0.15) is 4.31 Å². The minimum atomic E-state index is -3.78. The summed E-state index contributed by atoms with van der Waals surface area (Å²) in [6, 6.07) is -1.07. The number of likely N-dealkylation sites (N-methyl/N-ethyl adjacent to an activating group) is 1. The molecular weight excluding hydrogens is 717 g/mol. The minimum Gasteiger partial charge on any atom is -0.346 e. The summed E-state index contributed by atoms with van der Waals surface area (Å²) in [4.78, 5) is 69.9. The smallest absolute Gasteiger partial charge is 0.315 e. The molecule has 1 aliphatic heterocycles. The molecule has 2 aliphatic carbocycles. The molecule has 3 fully saturated rings. The highest BCUT2D eigenvalue weighted by Gasteiger charge is 2.69. The summed E-state index contributed by atoms with van der Waals surface area (Å²) in [5.41, 5.74) is -0.791. The van der Waals surface area contributed by atoms with Gasteiger partial charge in [0, 0.05) is 39.1 Å². The van der Waals surface area contributed by atoms with E-state index in [0.717, 1.165) is 30.6 Å². The fourth-order valence-corrected chi connectivity index (χ4v) is 10.2. The number of urea groups is 1. The monoisotopic (exact) mass is 772 g/mol. The molecule has 13 nitrogen and oxygen atoms in total. The lowest BCUT2D eigenvalue weighted by atomic mass is 9.83. The molecule has 2 saturated carbocycles. The zero-order chi connectivity index (χ0) is 39.3. The van der Waals surface area contributed by atoms with Crippen LogP contribution in [0.15, 0.2) is 34.4 Å². The van der Waals surface area contributed by atoms with Crippen LogP contribution in [0.1, 0.15) is 79.6 Å². The number of sulfonamides is 1. The van der Waals surface area contributed by atoms with Crippen molar-refractivity contribution in [2.24, 2.45) is 28.6 Å². The van der Waals surface area contributed by atoms with E-state index in [2.05, 4.69) is 33.8 Å². The van der Waals surface area contributed by atoms with E-state index in [1.54, 1.807) is 16.3 Å². The van der Waals surface area contributed by atoms with Crippen LogP contribution in [0.4, 0.5) is 4.79 Å². The second-order valence-electron chi connectivity index (χ2n) is 16.2. The Morgan fingerprint density at radius 2 is 1.81 bits per heavy atom. The molecule has 292 valence electrons. The molecule has 6 atom stereocenters. The van der Waals surface area contributed by atoms with Gasteiger partial charge in [-0.15, -0.1) is 30.3 Å². The molecule has 4 N–H and O–H groups in total. The zero-order valence-corrected chi connectivity index (χ0v) is 33.4. The van der Waals surface area contributed by atoms with E-state index in [9.17, 15) is 32.4 Å². The van der Waals surface area contributed by atoms with Crippen LogP contribution in [-0.4, -0.2) is 98.0 Å². The Balaban J connectivity index is 1.56. The molecule has 1 unspecified atom stereocenters. The fraction of sp³-hybridized carbons (Fsp3) is 0.658. The van der Waals surface area contributed by atoms with Crippen molar-refractivity contribution >= 4 is 50.9 Å². The number of nitrogens with zero attached hydrogens (tertiary/aromatic N) is 2. The molecule has 53 heavy (non-hydrogen) atoms. The Bertz CT molecular complexity index is 1670. The number of hydrogen-bond acceptors (Lipinski definition) is 8. The van der Waals surface area contributed by atoms with Crippen LogP contribution < -0.4 is 21.3 Å². The predicted molar refractivity (Wildman–Crippen MR) is 204 cm³/mol. The molecule has 1 aromatic rings. The lowest BCUT2D eigenvalue weighted by molar-refractivity contribution is -0.144. The molecule has 15 heteroatoms. The van der Waals surface area contributed by atoms with Crippen molar-refractivity contribution in [1.82, 2.24) is 30.5 Å². The van der Waals surface area contributed by atoms with Gasteiger partial charge in [-0.25, -0.2) is 13.2 Å². The average Bonchev–Trinajstić information content (AvgIpc) is 3.57. The highest BCUT2D eigenvalue weighted by Crippen LogP contribution is 2.65. The fourth-order valence-electron chi connectivity index (χ4n) is 7.80. The van der Waals surface area contributed by atoms with E-state index in [-0.39, 0.29) is 59.2 Å². The molecule has 5 amide bonds. The number of fused-ring (bicyclic) bond motifs is 1. The molecule has 0 radical (unpaired) electrons. The third-order valence-corrected chi connectivity index (χ3v) is 14.4. The Labute approximate surface area is 318 Å². The van der Waals surface area contributed by atoms with E-state index in [0.29, 0.717) is 19.4 Å². The summed E-state index contributed by atoms with van der Waals surface area (Å²) in [5, 5.41) is 12.8. The van der Waals surface area contributed by atoms with E-state index in [4.69, 9.17) is 6.42 Å². The summed E-state index contributed by atoms with van der Waals surface area (Å²) in [6.07, 6.45) is 11.3. The number of terminal acetylenes is 1. The van der Waals surface area contributed by atoms with Crippen LogP contribution in [0.5, 0.6) is 0 Å². The van der Waals surface area contributed by atoms with Crippen LogP contribution in [0.2, 0.25) is 0 Å². The maximum atomic E-state index is 14.7. The van der Waals surface area contributed by atoms with E-state index >= 15 is 0 Å². The van der Waals surface area contributed by atoms with Gasteiger partial charge in [0.25, 0.3) is 15.9 Å². The number of piperidine rings is 1. The number of carbonyl (C=O) groups is 5. The van der Waals surface area contributed by atoms with Gasteiger partial charge in [0.2, 0.25) is 17.6 Å². The molecule has 0 spiro atoms. The predicted octanol–water partition coefficient (Wildman–Crippen LogP) is 3.28. The standard InChI is InChI=1S/C38H56N6O7S2/c1-9-11-18-26(32(45)34(47)39-20-10-2)40-33(46)31-29-25(38(29,6)7)22-44(31)35(48)30(24-16-13-12-14-17-24)42-36(49)41-27(37(3,4)5)23-43(8)53(50,51)28-19-15-21-52-28/h1,10,15,19,21,24-27,29-31H,2,11-14,16-18,20,22-23H2,3-8H3,(H,39,47)(H,40,46)(H2,41,42,49)/t25-,26?,27+,29-,30-,31-/m0/s1. The normalized spacial score (nSPS) is 22.8. The van der Waals surface area contributed by atoms with Crippen molar-refractivity contribution in [3.8, 4) is 12.3 Å². The first kappa shape index (κ1) is 42.0. The average molecular weight is 773 g/mol. The number of carbonyl (C=O) groups excluding carboxylic acids is 5. The summed E-state index contributed by atoms with van der Waals surface area (Å²) in [7, 11) is -2.30. The first-order valence-electron chi connectivity index (χ1n) is 18.4. The maximum Gasteiger partial charge on any atom is 0.315 e. The van der Waals surface area contributed by atoms with Gasteiger partial charge in [0.1, 0.15) is 16.3 Å². The van der Waals surface area contributed by atoms with Gasteiger partial charge in [0.05, 0.1) is 6.04 Å². The Kier molecular flexibility index (Phi) is 13.6. The molecule has 1 saturated heterocycles. The topological polar surface area (TPSA) is 174 Å². The molecule has 0 aromatic carbocycles. The van der Waals surface area contributed by atoms with Crippen LogP contribution in [0, 0.1) is 40.9 Å². The Morgan fingerprint density at radius 3 is 2.40 bits per heavy atom. The Morgan fingerprint density at radius 1 is 1.13 bits per heavy atom. The van der Waals surface area contributed by atoms with Crippen molar-refractivity contribution in [2.45, 2.75) is 108 Å². The highest BCUT2D eigenvalue weighted by molar-refractivity contribution is 7.91. The van der Waals surface area contributed by atoms with Crippen molar-refractivity contribution in [1.29, 1.82) is 0 Å².